The van der Waals surface area contributed by atoms with Crippen LogP contribution in [0.15, 0.2) is 18.2 Å². The minimum Gasteiger partial charge on any atom is -0.481 e. The third-order valence-corrected chi connectivity index (χ3v) is 6.69. The second-order valence-electron chi connectivity index (χ2n) is 8.22. The third-order valence-electron chi connectivity index (χ3n) is 6.69. The molecule has 0 amide bonds. The minimum absolute atomic E-state index is 0.0198. The summed E-state index contributed by atoms with van der Waals surface area (Å²) >= 11 is 0. The molecule has 0 aromatic heterocycles. The van der Waals surface area contributed by atoms with Crippen molar-refractivity contribution in [3.63, 3.8) is 0 Å². The van der Waals surface area contributed by atoms with E-state index >= 15 is 0 Å². The minimum atomic E-state index is -0.748. The molecule has 0 radical (unpaired) electrons. The molecule has 0 heterocycles. The molecule has 4 atom stereocenters. The van der Waals surface area contributed by atoms with Crippen LogP contribution in [-0.4, -0.2) is 22.3 Å². The van der Waals surface area contributed by atoms with E-state index in [9.17, 15) is 15.0 Å². The predicted molar refractivity (Wildman–Crippen MR) is 90.7 cm³/mol. The fraction of sp³-hybridized carbons (Fsp3) is 0.650. The van der Waals surface area contributed by atoms with Crippen molar-refractivity contribution < 1.29 is 15.0 Å². The van der Waals surface area contributed by atoms with E-state index in [1.54, 1.807) is 0 Å². The van der Waals surface area contributed by atoms with Gasteiger partial charge in [-0.05, 0) is 61.1 Å². The van der Waals surface area contributed by atoms with Crippen LogP contribution >= 0.6 is 0 Å². The maximum atomic E-state index is 12.0. The van der Waals surface area contributed by atoms with E-state index in [1.807, 2.05) is 6.92 Å². The lowest BCUT2D eigenvalue weighted by molar-refractivity contribution is -0.162. The highest BCUT2D eigenvalue weighted by atomic mass is 16.4. The monoisotopic (exact) mass is 316 g/mol. The molecule has 1 saturated carbocycles. The Hall–Kier alpha value is -1.35. The topological polar surface area (TPSA) is 57.5 Å². The Morgan fingerprint density at radius 3 is 2.57 bits per heavy atom. The van der Waals surface area contributed by atoms with Gasteiger partial charge in [-0.3, -0.25) is 4.79 Å². The van der Waals surface area contributed by atoms with Crippen LogP contribution in [0.2, 0.25) is 0 Å². The second kappa shape index (κ2) is 5.34. The van der Waals surface area contributed by atoms with Crippen LogP contribution in [0.3, 0.4) is 0 Å². The number of aliphatic hydroxyl groups is 1. The summed E-state index contributed by atoms with van der Waals surface area (Å²) in [6.45, 7) is 8.32. The summed E-state index contributed by atoms with van der Waals surface area (Å²) in [5.41, 5.74) is 2.57. The largest absolute Gasteiger partial charge is 0.481 e. The lowest BCUT2D eigenvalue weighted by Gasteiger charge is -2.55. The first-order chi connectivity index (χ1) is 10.7. The van der Waals surface area contributed by atoms with Gasteiger partial charge in [-0.25, -0.2) is 0 Å². The van der Waals surface area contributed by atoms with Crippen molar-refractivity contribution in [3.8, 4) is 0 Å². The number of rotatable bonds is 2. The summed E-state index contributed by atoms with van der Waals surface area (Å²) in [6.07, 6.45) is 2.39. The quantitative estimate of drug-likeness (QED) is 0.870. The fourth-order valence-corrected chi connectivity index (χ4v) is 5.05. The molecular weight excluding hydrogens is 288 g/mol. The number of aliphatic hydroxyl groups excluding tert-OH is 1. The normalized spacial score (nSPS) is 36.4. The molecule has 3 heteroatoms. The van der Waals surface area contributed by atoms with Crippen molar-refractivity contribution in [2.75, 3.05) is 0 Å². The summed E-state index contributed by atoms with van der Waals surface area (Å²) in [5, 5.41) is 20.6. The Kier molecular flexibility index (Phi) is 3.83. The van der Waals surface area contributed by atoms with E-state index in [0.717, 1.165) is 18.4 Å². The van der Waals surface area contributed by atoms with E-state index in [0.29, 0.717) is 18.8 Å². The molecular formula is C20H28O3. The van der Waals surface area contributed by atoms with Gasteiger partial charge in [0.25, 0.3) is 0 Å². The predicted octanol–water partition coefficient (Wildman–Crippen LogP) is 3.88. The van der Waals surface area contributed by atoms with Crippen LogP contribution < -0.4 is 0 Å². The molecule has 23 heavy (non-hydrogen) atoms. The lowest BCUT2D eigenvalue weighted by Crippen LogP contribution is -2.58. The molecule has 3 rings (SSSR count). The second-order valence-corrected chi connectivity index (χ2v) is 8.22. The Bertz CT molecular complexity index is 636. The van der Waals surface area contributed by atoms with Gasteiger partial charge in [-0.1, -0.05) is 39.0 Å². The molecule has 2 aliphatic rings. The number of carbonyl (C=O) groups is 1. The molecule has 1 aromatic rings. The van der Waals surface area contributed by atoms with E-state index in [1.165, 1.54) is 11.1 Å². The third kappa shape index (κ3) is 2.24. The molecule has 126 valence electrons. The van der Waals surface area contributed by atoms with Crippen molar-refractivity contribution >= 4 is 5.97 Å². The highest BCUT2D eigenvalue weighted by molar-refractivity contribution is 5.75. The van der Waals surface area contributed by atoms with Crippen LogP contribution in [0.4, 0.5) is 0 Å². The van der Waals surface area contributed by atoms with Gasteiger partial charge in [-0.15, -0.1) is 0 Å². The number of fused-ring (bicyclic) bond motifs is 3. The molecule has 2 aliphatic carbocycles. The smallest absolute Gasteiger partial charge is 0.309 e. The lowest BCUT2D eigenvalue weighted by atomic mass is 9.48. The van der Waals surface area contributed by atoms with Crippen molar-refractivity contribution in [3.05, 3.63) is 34.9 Å². The molecule has 1 aromatic carbocycles. The van der Waals surface area contributed by atoms with Gasteiger partial charge in [-0.2, -0.15) is 0 Å². The maximum Gasteiger partial charge on any atom is 0.309 e. The van der Waals surface area contributed by atoms with Crippen molar-refractivity contribution in [2.45, 2.75) is 70.8 Å². The Labute approximate surface area is 138 Å². The maximum absolute atomic E-state index is 12.0. The molecule has 3 nitrogen and oxygen atoms in total. The SMILES string of the molecule is CC(C)c1ccc2c(c1)CCC1C(C)(C(=O)O)CCC(O)C21C. The van der Waals surface area contributed by atoms with Crippen LogP contribution in [0.1, 0.15) is 69.6 Å². The first-order valence-electron chi connectivity index (χ1n) is 8.76. The van der Waals surface area contributed by atoms with Gasteiger partial charge in [0.05, 0.1) is 11.5 Å². The van der Waals surface area contributed by atoms with E-state index in [2.05, 4.69) is 39.0 Å². The molecule has 4 unspecified atom stereocenters. The number of carboxylic acids is 1. The highest BCUT2D eigenvalue weighted by Crippen LogP contribution is 2.57. The van der Waals surface area contributed by atoms with Gasteiger partial charge in [0.15, 0.2) is 0 Å². The zero-order valence-corrected chi connectivity index (χ0v) is 14.6. The summed E-state index contributed by atoms with van der Waals surface area (Å²) < 4.78 is 0. The first kappa shape index (κ1) is 16.5. The van der Waals surface area contributed by atoms with Gasteiger partial charge in [0.2, 0.25) is 0 Å². The van der Waals surface area contributed by atoms with Crippen LogP contribution in [0.5, 0.6) is 0 Å². The molecule has 0 saturated heterocycles. The van der Waals surface area contributed by atoms with E-state index in [4.69, 9.17) is 0 Å². The number of hydrogen-bond acceptors (Lipinski definition) is 2. The molecule has 1 fully saturated rings. The van der Waals surface area contributed by atoms with Gasteiger partial charge < -0.3 is 10.2 Å². The number of hydrogen-bond donors (Lipinski definition) is 2. The standard InChI is InChI=1S/C20H28O3/c1-12(2)13-5-7-15-14(11-13)6-8-16-19(3,18(22)23)10-9-17(21)20(15,16)4/h5,7,11-12,16-17,21H,6,8-10H2,1-4H3,(H,22,23). The van der Waals surface area contributed by atoms with Crippen LogP contribution in [-0.2, 0) is 16.6 Å². The summed E-state index contributed by atoms with van der Waals surface area (Å²) in [4.78, 5) is 12.0. The summed E-state index contributed by atoms with van der Waals surface area (Å²) in [6, 6.07) is 6.56. The number of benzene rings is 1. The van der Waals surface area contributed by atoms with Gasteiger partial charge >= 0.3 is 5.97 Å². The van der Waals surface area contributed by atoms with Gasteiger partial charge in [0.1, 0.15) is 0 Å². The van der Waals surface area contributed by atoms with Crippen molar-refractivity contribution in [1.82, 2.24) is 0 Å². The number of carboxylic acid groups (broad SMARTS) is 1. The van der Waals surface area contributed by atoms with Crippen molar-refractivity contribution in [2.24, 2.45) is 11.3 Å². The Balaban J connectivity index is 2.13. The molecule has 0 spiro atoms. The highest BCUT2D eigenvalue weighted by Gasteiger charge is 2.58. The average Bonchev–Trinajstić information content (AvgIpc) is 2.50. The van der Waals surface area contributed by atoms with Crippen LogP contribution in [0.25, 0.3) is 0 Å². The number of aryl methyl sites for hydroxylation is 1. The zero-order valence-electron chi connectivity index (χ0n) is 14.6. The Morgan fingerprint density at radius 1 is 1.26 bits per heavy atom. The summed E-state index contributed by atoms with van der Waals surface area (Å²) in [7, 11) is 0. The first-order valence-corrected chi connectivity index (χ1v) is 8.76. The zero-order chi connectivity index (χ0) is 17.0. The van der Waals surface area contributed by atoms with Crippen molar-refractivity contribution in [1.29, 1.82) is 0 Å². The Morgan fingerprint density at radius 2 is 1.96 bits per heavy atom. The van der Waals surface area contributed by atoms with Gasteiger partial charge in [0, 0.05) is 5.41 Å². The molecule has 2 N–H and O–H groups in total. The average molecular weight is 316 g/mol. The molecule has 0 bridgehead atoms. The van der Waals surface area contributed by atoms with E-state index < -0.39 is 22.9 Å². The van der Waals surface area contributed by atoms with Crippen LogP contribution in [0, 0.1) is 11.3 Å². The van der Waals surface area contributed by atoms with E-state index in [-0.39, 0.29) is 5.92 Å². The summed E-state index contributed by atoms with van der Waals surface area (Å²) in [5.74, 6) is -0.261. The fourth-order valence-electron chi connectivity index (χ4n) is 5.05. The molecule has 0 aliphatic heterocycles. The number of aliphatic carboxylic acids is 1.